The Morgan fingerprint density at radius 2 is 1.56 bits per heavy atom. The van der Waals surface area contributed by atoms with Crippen molar-refractivity contribution < 1.29 is 0 Å². The monoisotopic (exact) mass is 394 g/mol. The lowest BCUT2D eigenvalue weighted by atomic mass is 9.63. The van der Waals surface area contributed by atoms with Crippen molar-refractivity contribution in [1.82, 2.24) is 0 Å². The SMILES string of the molecule is CC1(C)CCC(C)(C)c2cc(/C=C3\CCc4cc(Br)ccc43)ccc21. The molecule has 0 aliphatic heterocycles. The fraction of sp³-hybridized carbons (Fsp3) is 0.417. The van der Waals surface area contributed by atoms with Crippen molar-refractivity contribution in [2.75, 3.05) is 0 Å². The number of halogens is 1. The number of rotatable bonds is 1. The molecular formula is C24H27Br. The molecule has 0 N–H and O–H groups in total. The lowest BCUT2D eigenvalue weighted by Gasteiger charge is -2.42. The molecule has 2 aliphatic rings. The first kappa shape index (κ1) is 17.1. The molecule has 2 aliphatic carbocycles. The fourth-order valence-electron chi connectivity index (χ4n) is 4.53. The quantitative estimate of drug-likeness (QED) is 0.476. The second-order valence-electron chi connectivity index (χ2n) is 9.04. The Morgan fingerprint density at radius 3 is 2.32 bits per heavy atom. The molecule has 25 heavy (non-hydrogen) atoms. The maximum atomic E-state index is 3.60. The summed E-state index contributed by atoms with van der Waals surface area (Å²) in [6, 6.07) is 13.9. The molecule has 0 aromatic heterocycles. The van der Waals surface area contributed by atoms with Crippen LogP contribution in [0.4, 0.5) is 0 Å². The average molecular weight is 395 g/mol. The van der Waals surface area contributed by atoms with Crippen LogP contribution < -0.4 is 0 Å². The Kier molecular flexibility index (Phi) is 3.99. The van der Waals surface area contributed by atoms with Crippen LogP contribution in [0.3, 0.4) is 0 Å². The number of fused-ring (bicyclic) bond motifs is 2. The molecule has 0 spiro atoms. The van der Waals surface area contributed by atoms with E-state index >= 15 is 0 Å². The Balaban J connectivity index is 1.77. The Bertz CT molecular complexity index is 868. The van der Waals surface area contributed by atoms with Gasteiger partial charge in [0.1, 0.15) is 0 Å². The van der Waals surface area contributed by atoms with Crippen molar-refractivity contribution in [3.63, 3.8) is 0 Å². The highest BCUT2D eigenvalue weighted by Crippen LogP contribution is 2.46. The smallest absolute Gasteiger partial charge is 0.0178 e. The maximum Gasteiger partial charge on any atom is 0.0178 e. The summed E-state index contributed by atoms with van der Waals surface area (Å²) in [6.45, 7) is 9.59. The minimum absolute atomic E-state index is 0.276. The molecule has 0 saturated heterocycles. The van der Waals surface area contributed by atoms with E-state index in [2.05, 4.69) is 86.1 Å². The lowest BCUT2D eigenvalue weighted by Crippen LogP contribution is -2.33. The van der Waals surface area contributed by atoms with E-state index in [-0.39, 0.29) is 5.41 Å². The van der Waals surface area contributed by atoms with Crippen LogP contribution in [0.1, 0.15) is 74.8 Å². The first-order valence-corrected chi connectivity index (χ1v) is 10.2. The number of aryl methyl sites for hydroxylation is 1. The predicted molar refractivity (Wildman–Crippen MR) is 112 cm³/mol. The van der Waals surface area contributed by atoms with Crippen LogP contribution in [0, 0.1) is 0 Å². The number of allylic oxidation sites excluding steroid dienone is 1. The Morgan fingerprint density at radius 1 is 0.840 bits per heavy atom. The van der Waals surface area contributed by atoms with Gasteiger partial charge in [-0.1, -0.05) is 74.0 Å². The van der Waals surface area contributed by atoms with Crippen LogP contribution in [0.15, 0.2) is 40.9 Å². The Hall–Kier alpha value is -1.34. The molecule has 0 atom stereocenters. The van der Waals surface area contributed by atoms with Crippen molar-refractivity contribution in [1.29, 1.82) is 0 Å². The minimum Gasteiger partial charge on any atom is -0.0576 e. The lowest BCUT2D eigenvalue weighted by molar-refractivity contribution is 0.332. The summed E-state index contributed by atoms with van der Waals surface area (Å²) in [5.41, 5.74) is 9.40. The standard InChI is InChI=1S/C24H27Br/c1-23(2)11-12-24(3,4)22-14-16(5-10-21(22)23)13-17-6-7-18-15-19(25)8-9-20(17)18/h5,8-10,13-15H,6-7,11-12H2,1-4H3/b17-13+. The van der Waals surface area contributed by atoms with Crippen LogP contribution in [0.2, 0.25) is 0 Å². The largest absolute Gasteiger partial charge is 0.0576 e. The van der Waals surface area contributed by atoms with E-state index in [1.807, 2.05) is 0 Å². The van der Waals surface area contributed by atoms with Gasteiger partial charge in [-0.05, 0) is 82.0 Å². The van der Waals surface area contributed by atoms with Crippen molar-refractivity contribution in [2.24, 2.45) is 0 Å². The van der Waals surface area contributed by atoms with Crippen molar-refractivity contribution >= 4 is 27.6 Å². The van der Waals surface area contributed by atoms with Gasteiger partial charge in [0.15, 0.2) is 0 Å². The van der Waals surface area contributed by atoms with E-state index in [0.717, 1.165) is 12.8 Å². The first-order chi connectivity index (χ1) is 11.8. The van der Waals surface area contributed by atoms with Crippen LogP contribution in [-0.4, -0.2) is 0 Å². The van der Waals surface area contributed by atoms with E-state index in [9.17, 15) is 0 Å². The van der Waals surface area contributed by atoms with E-state index in [0.29, 0.717) is 5.41 Å². The molecule has 0 fully saturated rings. The summed E-state index contributed by atoms with van der Waals surface area (Å²) in [4.78, 5) is 0. The summed E-state index contributed by atoms with van der Waals surface area (Å²) in [7, 11) is 0. The van der Waals surface area contributed by atoms with Gasteiger partial charge in [0.25, 0.3) is 0 Å². The summed E-state index contributed by atoms with van der Waals surface area (Å²) in [5.74, 6) is 0. The van der Waals surface area contributed by atoms with E-state index < -0.39 is 0 Å². The summed E-state index contributed by atoms with van der Waals surface area (Å²) in [5, 5.41) is 0. The molecule has 0 bridgehead atoms. The zero-order valence-corrected chi connectivity index (χ0v) is 17.3. The molecule has 1 heteroatoms. The molecule has 0 saturated carbocycles. The second kappa shape index (κ2) is 5.84. The summed E-state index contributed by atoms with van der Waals surface area (Å²) < 4.78 is 1.19. The molecule has 2 aromatic carbocycles. The van der Waals surface area contributed by atoms with Crippen LogP contribution in [0.5, 0.6) is 0 Å². The highest BCUT2D eigenvalue weighted by molar-refractivity contribution is 9.10. The van der Waals surface area contributed by atoms with Gasteiger partial charge >= 0.3 is 0 Å². The van der Waals surface area contributed by atoms with Gasteiger partial charge in [-0.25, -0.2) is 0 Å². The Labute approximate surface area is 160 Å². The van der Waals surface area contributed by atoms with Crippen molar-refractivity contribution in [2.45, 2.75) is 64.2 Å². The molecule has 0 heterocycles. The van der Waals surface area contributed by atoms with Gasteiger partial charge in [0, 0.05) is 4.47 Å². The predicted octanol–water partition coefficient (Wildman–Crippen LogP) is 7.28. The topological polar surface area (TPSA) is 0 Å². The average Bonchev–Trinajstić information content (AvgIpc) is 2.94. The van der Waals surface area contributed by atoms with Gasteiger partial charge in [0.05, 0.1) is 0 Å². The zero-order chi connectivity index (χ0) is 17.8. The highest BCUT2D eigenvalue weighted by atomic mass is 79.9. The molecular weight excluding hydrogens is 368 g/mol. The van der Waals surface area contributed by atoms with Gasteiger partial charge in [-0.3, -0.25) is 0 Å². The molecule has 4 rings (SSSR count). The molecule has 0 radical (unpaired) electrons. The van der Waals surface area contributed by atoms with Crippen LogP contribution >= 0.6 is 15.9 Å². The third kappa shape index (κ3) is 3.01. The highest BCUT2D eigenvalue weighted by Gasteiger charge is 2.36. The second-order valence-corrected chi connectivity index (χ2v) is 9.96. The van der Waals surface area contributed by atoms with E-state index in [4.69, 9.17) is 0 Å². The minimum atomic E-state index is 0.276. The molecule has 2 aromatic rings. The van der Waals surface area contributed by atoms with Crippen LogP contribution in [0.25, 0.3) is 11.6 Å². The normalized spacial score (nSPS) is 21.9. The number of hydrogen-bond donors (Lipinski definition) is 0. The third-order valence-electron chi connectivity index (χ3n) is 6.29. The summed E-state index contributed by atoms with van der Waals surface area (Å²) >= 11 is 3.60. The first-order valence-electron chi connectivity index (χ1n) is 9.41. The third-order valence-corrected chi connectivity index (χ3v) is 6.79. The van der Waals surface area contributed by atoms with Crippen molar-refractivity contribution in [3.05, 3.63) is 68.7 Å². The van der Waals surface area contributed by atoms with Gasteiger partial charge in [0.2, 0.25) is 0 Å². The molecule has 0 nitrogen and oxygen atoms in total. The van der Waals surface area contributed by atoms with Gasteiger partial charge in [-0.15, -0.1) is 0 Å². The van der Waals surface area contributed by atoms with Crippen molar-refractivity contribution in [3.8, 4) is 0 Å². The summed E-state index contributed by atoms with van der Waals surface area (Å²) in [6.07, 6.45) is 7.26. The maximum absolute atomic E-state index is 3.60. The van der Waals surface area contributed by atoms with E-state index in [1.165, 1.54) is 39.6 Å². The molecule has 0 unspecified atom stereocenters. The molecule has 130 valence electrons. The van der Waals surface area contributed by atoms with Crippen LogP contribution in [-0.2, 0) is 17.3 Å². The van der Waals surface area contributed by atoms with Gasteiger partial charge in [-0.2, -0.15) is 0 Å². The zero-order valence-electron chi connectivity index (χ0n) is 15.7. The number of benzene rings is 2. The molecule has 0 amide bonds. The van der Waals surface area contributed by atoms with E-state index in [1.54, 1.807) is 11.1 Å². The number of hydrogen-bond acceptors (Lipinski definition) is 0. The van der Waals surface area contributed by atoms with Gasteiger partial charge < -0.3 is 0 Å². The fourth-order valence-corrected chi connectivity index (χ4v) is 4.94.